The molecule has 0 saturated carbocycles. The molecule has 236 valence electrons. The molecule has 8 heteroatoms. The Balaban J connectivity index is 1.83. The van der Waals surface area contributed by atoms with Gasteiger partial charge in [0.25, 0.3) is 10.0 Å². The van der Waals surface area contributed by atoms with E-state index in [9.17, 15) is 18.0 Å². The van der Waals surface area contributed by atoms with E-state index in [-0.39, 0.29) is 29.8 Å². The van der Waals surface area contributed by atoms with E-state index in [2.05, 4.69) is 5.32 Å². The Kier molecular flexibility index (Phi) is 11.2. The van der Waals surface area contributed by atoms with Gasteiger partial charge in [-0.2, -0.15) is 0 Å². The average Bonchev–Trinajstić information content (AvgIpc) is 3.03. The number of benzene rings is 4. The number of hydrogen-bond donors (Lipinski definition) is 1. The van der Waals surface area contributed by atoms with E-state index in [1.165, 1.54) is 16.4 Å². The minimum absolute atomic E-state index is 0.0820. The maximum Gasteiger partial charge on any atom is 0.264 e. The summed E-state index contributed by atoms with van der Waals surface area (Å²) in [6, 6.07) is 29.9. The minimum Gasteiger partial charge on any atom is -0.352 e. The highest BCUT2D eigenvalue weighted by Crippen LogP contribution is 2.28. The molecule has 0 heterocycles. The van der Waals surface area contributed by atoms with Gasteiger partial charge in [0.05, 0.1) is 10.6 Å². The maximum absolute atomic E-state index is 14.6. The molecule has 1 N–H and O–H groups in total. The Labute approximate surface area is 268 Å². The second-order valence-corrected chi connectivity index (χ2v) is 13.4. The van der Waals surface area contributed by atoms with Crippen LogP contribution in [0, 0.1) is 20.8 Å². The molecule has 45 heavy (non-hydrogen) atoms. The van der Waals surface area contributed by atoms with Crippen molar-refractivity contribution in [2.75, 3.05) is 10.8 Å². The molecule has 0 aliphatic carbocycles. The smallest absolute Gasteiger partial charge is 0.264 e. The molecule has 0 aliphatic rings. The summed E-state index contributed by atoms with van der Waals surface area (Å²) in [4.78, 5) is 30.2. The predicted molar refractivity (Wildman–Crippen MR) is 180 cm³/mol. The van der Waals surface area contributed by atoms with Crippen molar-refractivity contribution in [3.05, 3.63) is 131 Å². The molecule has 4 aromatic rings. The highest BCUT2D eigenvalue weighted by atomic mass is 32.2. The fourth-order valence-corrected chi connectivity index (χ4v) is 6.78. The highest BCUT2D eigenvalue weighted by molar-refractivity contribution is 7.92. The number of nitrogens with one attached hydrogen (secondary N) is 1. The van der Waals surface area contributed by atoms with E-state index in [0.29, 0.717) is 5.69 Å². The summed E-state index contributed by atoms with van der Waals surface area (Å²) >= 11 is 0. The van der Waals surface area contributed by atoms with E-state index in [1.807, 2.05) is 101 Å². The topological polar surface area (TPSA) is 86.8 Å². The Morgan fingerprint density at radius 1 is 0.800 bits per heavy atom. The molecule has 0 radical (unpaired) electrons. The van der Waals surface area contributed by atoms with Crippen molar-refractivity contribution in [3.63, 3.8) is 0 Å². The molecule has 0 fully saturated rings. The van der Waals surface area contributed by atoms with Crippen molar-refractivity contribution in [2.45, 2.75) is 71.0 Å². The second-order valence-electron chi connectivity index (χ2n) is 11.6. The van der Waals surface area contributed by atoms with Gasteiger partial charge in [0.1, 0.15) is 12.6 Å². The predicted octanol–water partition coefficient (Wildman–Crippen LogP) is 6.36. The monoisotopic (exact) mass is 625 g/mol. The van der Waals surface area contributed by atoms with Crippen LogP contribution in [0.15, 0.2) is 108 Å². The van der Waals surface area contributed by atoms with Gasteiger partial charge in [0.2, 0.25) is 11.8 Å². The number of rotatable bonds is 13. The van der Waals surface area contributed by atoms with Crippen LogP contribution in [0.5, 0.6) is 0 Å². The number of hydrogen-bond acceptors (Lipinski definition) is 4. The van der Waals surface area contributed by atoms with E-state index in [1.54, 1.807) is 29.2 Å². The van der Waals surface area contributed by atoms with Gasteiger partial charge >= 0.3 is 0 Å². The van der Waals surface area contributed by atoms with E-state index >= 15 is 0 Å². The van der Waals surface area contributed by atoms with Gasteiger partial charge in [-0.3, -0.25) is 13.9 Å². The molecule has 0 unspecified atom stereocenters. The first kappa shape index (κ1) is 33.5. The van der Waals surface area contributed by atoms with Crippen LogP contribution in [0.4, 0.5) is 5.69 Å². The summed E-state index contributed by atoms with van der Waals surface area (Å²) in [6.07, 6.45) is 1.00. The van der Waals surface area contributed by atoms with Crippen molar-refractivity contribution in [1.29, 1.82) is 0 Å². The second kappa shape index (κ2) is 15.0. The lowest BCUT2D eigenvalue weighted by molar-refractivity contribution is -0.140. The van der Waals surface area contributed by atoms with Crippen molar-refractivity contribution in [1.82, 2.24) is 10.2 Å². The van der Waals surface area contributed by atoms with E-state index in [4.69, 9.17) is 0 Å². The van der Waals surface area contributed by atoms with Crippen molar-refractivity contribution >= 4 is 27.5 Å². The van der Waals surface area contributed by atoms with Crippen LogP contribution in [0.2, 0.25) is 0 Å². The molecule has 0 aromatic heterocycles. The molecule has 0 bridgehead atoms. The van der Waals surface area contributed by atoms with Crippen LogP contribution >= 0.6 is 0 Å². The number of nitrogens with zero attached hydrogens (tertiary/aromatic N) is 2. The van der Waals surface area contributed by atoms with Crippen molar-refractivity contribution < 1.29 is 18.0 Å². The minimum atomic E-state index is -4.14. The lowest BCUT2D eigenvalue weighted by Gasteiger charge is -2.35. The van der Waals surface area contributed by atoms with Crippen molar-refractivity contribution in [2.24, 2.45) is 0 Å². The van der Waals surface area contributed by atoms with Crippen LogP contribution in [-0.2, 0) is 32.6 Å². The number of carbonyl (C=O) groups excluding carboxylic acids is 2. The van der Waals surface area contributed by atoms with Gasteiger partial charge in [-0.25, -0.2) is 8.42 Å². The fraction of sp³-hybridized carbons (Fsp3) is 0.297. The standard InChI is InChI=1S/C37H43N3O4S/c1-6-30(5)38-37(42)35(24-31-16-9-7-10-17-31)39(25-32-18-14-13-15-28(32)3)36(41)26-40(34-22-21-27(2)23-29(34)4)45(43,44)33-19-11-8-12-20-33/h7-23,30,35H,6,24-26H2,1-5H3,(H,38,42)/t30-,35+/m0/s1. The Morgan fingerprint density at radius 3 is 2.04 bits per heavy atom. The van der Waals surface area contributed by atoms with Crippen LogP contribution < -0.4 is 9.62 Å². The normalized spacial score (nSPS) is 12.6. The third-order valence-corrected chi connectivity index (χ3v) is 9.88. The molecular weight excluding hydrogens is 582 g/mol. The molecule has 2 atom stereocenters. The van der Waals surface area contributed by atoms with Gasteiger partial charge in [-0.05, 0) is 74.6 Å². The van der Waals surface area contributed by atoms with Gasteiger partial charge in [-0.1, -0.05) is 97.4 Å². The zero-order valence-corrected chi connectivity index (χ0v) is 27.6. The van der Waals surface area contributed by atoms with Gasteiger partial charge in [-0.15, -0.1) is 0 Å². The Hall–Kier alpha value is -4.43. The van der Waals surface area contributed by atoms with Crippen LogP contribution in [0.3, 0.4) is 0 Å². The molecule has 0 saturated heterocycles. The van der Waals surface area contributed by atoms with Crippen LogP contribution in [0.25, 0.3) is 0 Å². The quantitative estimate of drug-likeness (QED) is 0.187. The molecule has 4 rings (SSSR count). The summed E-state index contributed by atoms with van der Waals surface area (Å²) in [5, 5.41) is 3.08. The maximum atomic E-state index is 14.6. The average molecular weight is 626 g/mol. The number of amides is 2. The number of carbonyl (C=O) groups is 2. The summed E-state index contributed by atoms with van der Waals surface area (Å²) in [7, 11) is -4.14. The highest BCUT2D eigenvalue weighted by Gasteiger charge is 2.35. The largest absolute Gasteiger partial charge is 0.352 e. The van der Waals surface area contributed by atoms with E-state index < -0.39 is 28.5 Å². The lowest BCUT2D eigenvalue weighted by atomic mass is 10.0. The van der Waals surface area contributed by atoms with E-state index in [0.717, 1.165) is 34.2 Å². The van der Waals surface area contributed by atoms with Gasteiger partial charge < -0.3 is 10.2 Å². The van der Waals surface area contributed by atoms with Crippen molar-refractivity contribution in [3.8, 4) is 0 Å². The molecular formula is C37H43N3O4S. The third kappa shape index (κ3) is 8.39. The third-order valence-electron chi connectivity index (χ3n) is 8.11. The zero-order valence-electron chi connectivity index (χ0n) is 26.7. The SMILES string of the molecule is CC[C@H](C)NC(=O)[C@@H](Cc1ccccc1)N(Cc1ccccc1C)C(=O)CN(c1ccc(C)cc1C)S(=O)(=O)c1ccccc1. The molecule has 7 nitrogen and oxygen atoms in total. The fourth-order valence-electron chi connectivity index (χ4n) is 5.28. The Bertz CT molecular complexity index is 1710. The number of sulfonamides is 1. The zero-order chi connectivity index (χ0) is 32.6. The summed E-state index contributed by atoms with van der Waals surface area (Å²) in [5.74, 6) is -0.753. The van der Waals surface area contributed by atoms with Crippen LogP contribution in [-0.4, -0.2) is 43.8 Å². The first-order valence-electron chi connectivity index (χ1n) is 15.3. The first-order chi connectivity index (χ1) is 21.5. The molecule has 0 spiro atoms. The molecule has 2 amide bonds. The number of aryl methyl sites for hydroxylation is 3. The Morgan fingerprint density at radius 2 is 1.42 bits per heavy atom. The lowest BCUT2D eigenvalue weighted by Crippen LogP contribution is -2.54. The first-order valence-corrected chi connectivity index (χ1v) is 16.8. The summed E-state index contributed by atoms with van der Waals surface area (Å²) in [6.45, 7) is 9.32. The summed E-state index contributed by atoms with van der Waals surface area (Å²) in [5.41, 5.74) is 4.86. The summed E-state index contributed by atoms with van der Waals surface area (Å²) < 4.78 is 29.6. The number of anilines is 1. The van der Waals surface area contributed by atoms with Crippen LogP contribution in [0.1, 0.15) is 48.1 Å². The van der Waals surface area contributed by atoms with Gasteiger partial charge in [0, 0.05) is 19.0 Å². The molecule has 4 aromatic carbocycles. The van der Waals surface area contributed by atoms with Gasteiger partial charge in [0.15, 0.2) is 0 Å². The molecule has 0 aliphatic heterocycles.